The Morgan fingerprint density at radius 3 is 2.81 bits per heavy atom. The molecule has 1 heterocycles. The number of methoxy groups -OCH3 is 1. The highest BCUT2D eigenvalue weighted by Crippen LogP contribution is 2.15. The maximum absolute atomic E-state index is 12.4. The van der Waals surface area contributed by atoms with Crippen molar-refractivity contribution in [2.45, 2.75) is 24.8 Å². The van der Waals surface area contributed by atoms with Gasteiger partial charge in [0, 0.05) is 44.7 Å². The minimum Gasteiger partial charge on any atom is -0.383 e. The predicted octanol–water partition coefficient (Wildman–Crippen LogP) is 0.936. The second kappa shape index (κ2) is 9.46. The van der Waals surface area contributed by atoms with Crippen molar-refractivity contribution in [1.82, 2.24) is 19.6 Å². The molecule has 1 aromatic heterocycles. The van der Waals surface area contributed by atoms with E-state index in [-0.39, 0.29) is 24.0 Å². The fraction of sp³-hybridized carbons (Fsp3) is 0.412. The molecular weight excluding hydrogens is 356 g/mol. The SMILES string of the molecule is COCCNS(=O)(=O)c1ccc(C)c(C(=O)NCCCn2ccnc2)c1. The Labute approximate surface area is 153 Å². The minimum absolute atomic E-state index is 0.0581. The molecule has 8 nitrogen and oxygen atoms in total. The lowest BCUT2D eigenvalue weighted by atomic mass is 10.1. The highest BCUT2D eigenvalue weighted by Gasteiger charge is 2.17. The lowest BCUT2D eigenvalue weighted by Gasteiger charge is -2.11. The number of carbonyl (C=O) groups is 1. The fourth-order valence-corrected chi connectivity index (χ4v) is 3.39. The Balaban J connectivity index is 1.98. The second-order valence-electron chi connectivity index (χ2n) is 5.78. The Bertz CT molecular complexity index is 819. The van der Waals surface area contributed by atoms with Gasteiger partial charge in [-0.25, -0.2) is 18.1 Å². The summed E-state index contributed by atoms with van der Waals surface area (Å²) in [5.74, 6) is -0.290. The maximum Gasteiger partial charge on any atom is 0.251 e. The first-order chi connectivity index (χ1) is 12.4. The van der Waals surface area contributed by atoms with Crippen LogP contribution in [-0.4, -0.2) is 50.7 Å². The molecule has 1 aromatic carbocycles. The van der Waals surface area contributed by atoms with Crippen molar-refractivity contribution in [2.24, 2.45) is 0 Å². The summed E-state index contributed by atoms with van der Waals surface area (Å²) >= 11 is 0. The topological polar surface area (TPSA) is 102 Å². The van der Waals surface area contributed by atoms with Gasteiger partial charge in [-0.2, -0.15) is 0 Å². The molecule has 9 heteroatoms. The van der Waals surface area contributed by atoms with Crippen LogP contribution in [0, 0.1) is 6.92 Å². The van der Waals surface area contributed by atoms with Crippen LogP contribution in [0.4, 0.5) is 0 Å². The lowest BCUT2D eigenvalue weighted by Crippen LogP contribution is -2.29. The van der Waals surface area contributed by atoms with Gasteiger partial charge in [-0.05, 0) is 31.0 Å². The third-order valence-corrected chi connectivity index (χ3v) is 5.26. The zero-order valence-electron chi connectivity index (χ0n) is 14.9. The molecule has 0 saturated carbocycles. The minimum atomic E-state index is -3.68. The summed E-state index contributed by atoms with van der Waals surface area (Å²) < 4.78 is 33.8. The number of hydrogen-bond donors (Lipinski definition) is 2. The van der Waals surface area contributed by atoms with Gasteiger partial charge in [0.2, 0.25) is 10.0 Å². The molecule has 0 aliphatic rings. The van der Waals surface area contributed by atoms with Crippen molar-refractivity contribution in [3.05, 3.63) is 48.0 Å². The van der Waals surface area contributed by atoms with Gasteiger partial charge in [-0.15, -0.1) is 0 Å². The average molecular weight is 380 g/mol. The van der Waals surface area contributed by atoms with E-state index in [2.05, 4.69) is 15.0 Å². The van der Waals surface area contributed by atoms with Gasteiger partial charge >= 0.3 is 0 Å². The molecule has 2 N–H and O–H groups in total. The van der Waals surface area contributed by atoms with Gasteiger partial charge < -0.3 is 14.6 Å². The Kier molecular flexibility index (Phi) is 7.31. The summed E-state index contributed by atoms with van der Waals surface area (Å²) in [7, 11) is -2.18. The highest BCUT2D eigenvalue weighted by molar-refractivity contribution is 7.89. The standard InChI is InChI=1S/C17H24N4O4S/c1-14-4-5-15(26(23,24)20-8-11-25-2)12-16(14)17(22)19-6-3-9-21-10-7-18-13-21/h4-5,7,10,12-13,20H,3,6,8-9,11H2,1-2H3,(H,19,22). The van der Waals surface area contributed by atoms with Gasteiger partial charge in [0.05, 0.1) is 17.8 Å². The van der Waals surface area contributed by atoms with Crippen LogP contribution in [0.25, 0.3) is 0 Å². The molecule has 2 rings (SSSR count). The fourth-order valence-electron chi connectivity index (χ4n) is 2.35. The van der Waals surface area contributed by atoms with E-state index in [1.807, 2.05) is 10.8 Å². The molecule has 0 saturated heterocycles. The van der Waals surface area contributed by atoms with E-state index in [1.165, 1.54) is 19.2 Å². The van der Waals surface area contributed by atoms with Crippen LogP contribution < -0.4 is 10.0 Å². The molecule has 0 fully saturated rings. The number of aromatic nitrogens is 2. The molecular formula is C17H24N4O4S. The number of nitrogens with zero attached hydrogens (tertiary/aromatic N) is 2. The Morgan fingerprint density at radius 1 is 1.31 bits per heavy atom. The van der Waals surface area contributed by atoms with Crippen LogP contribution in [0.2, 0.25) is 0 Å². The first-order valence-electron chi connectivity index (χ1n) is 8.27. The first kappa shape index (κ1) is 20.1. The number of ether oxygens (including phenoxy) is 1. The van der Waals surface area contributed by atoms with Crippen molar-refractivity contribution >= 4 is 15.9 Å². The van der Waals surface area contributed by atoms with Crippen LogP contribution in [0.15, 0.2) is 41.8 Å². The molecule has 1 amide bonds. The maximum atomic E-state index is 12.4. The van der Waals surface area contributed by atoms with Crippen molar-refractivity contribution in [3.8, 4) is 0 Å². The zero-order chi connectivity index (χ0) is 19.0. The van der Waals surface area contributed by atoms with Gasteiger partial charge in [0.25, 0.3) is 5.91 Å². The number of imidazole rings is 1. The van der Waals surface area contributed by atoms with Crippen molar-refractivity contribution in [2.75, 3.05) is 26.8 Å². The quantitative estimate of drug-likeness (QED) is 0.597. The number of carbonyl (C=O) groups excluding carboxylic acids is 1. The molecule has 0 aliphatic heterocycles. The number of hydrogen-bond acceptors (Lipinski definition) is 5. The number of aryl methyl sites for hydroxylation is 2. The summed E-state index contributed by atoms with van der Waals surface area (Å²) in [6.45, 7) is 3.45. The summed E-state index contributed by atoms with van der Waals surface area (Å²) in [5.41, 5.74) is 1.06. The second-order valence-corrected chi connectivity index (χ2v) is 7.54. The van der Waals surface area contributed by atoms with Crippen molar-refractivity contribution < 1.29 is 17.9 Å². The molecule has 0 spiro atoms. The number of nitrogens with one attached hydrogen (secondary N) is 2. The van der Waals surface area contributed by atoms with E-state index < -0.39 is 10.0 Å². The molecule has 0 radical (unpaired) electrons. The van der Waals surface area contributed by atoms with Crippen LogP contribution in [0.1, 0.15) is 22.3 Å². The third kappa shape index (κ3) is 5.65. The molecule has 142 valence electrons. The highest BCUT2D eigenvalue weighted by atomic mass is 32.2. The third-order valence-electron chi connectivity index (χ3n) is 3.80. The predicted molar refractivity (Wildman–Crippen MR) is 97.4 cm³/mol. The zero-order valence-corrected chi connectivity index (χ0v) is 15.8. The summed E-state index contributed by atoms with van der Waals surface area (Å²) in [6, 6.07) is 4.52. The van der Waals surface area contributed by atoms with Gasteiger partial charge in [-0.3, -0.25) is 4.79 Å². The van der Waals surface area contributed by atoms with Crippen LogP contribution >= 0.6 is 0 Å². The number of amides is 1. The summed E-state index contributed by atoms with van der Waals surface area (Å²) in [6.07, 6.45) is 6.03. The van der Waals surface area contributed by atoms with Crippen LogP contribution in [0.5, 0.6) is 0 Å². The van der Waals surface area contributed by atoms with Crippen LogP contribution in [-0.2, 0) is 21.3 Å². The van der Waals surface area contributed by atoms with Gasteiger partial charge in [0.15, 0.2) is 0 Å². The molecule has 2 aromatic rings. The Hall–Kier alpha value is -2.23. The molecule has 0 bridgehead atoms. The van der Waals surface area contributed by atoms with Crippen molar-refractivity contribution in [3.63, 3.8) is 0 Å². The van der Waals surface area contributed by atoms with E-state index in [0.29, 0.717) is 17.7 Å². The van der Waals surface area contributed by atoms with Crippen LogP contribution in [0.3, 0.4) is 0 Å². The normalized spacial score (nSPS) is 11.5. The molecule has 0 aliphatic carbocycles. The van der Waals surface area contributed by atoms with E-state index in [0.717, 1.165) is 13.0 Å². The van der Waals surface area contributed by atoms with Gasteiger partial charge in [0.1, 0.15) is 0 Å². The summed E-state index contributed by atoms with van der Waals surface area (Å²) in [4.78, 5) is 16.4. The lowest BCUT2D eigenvalue weighted by molar-refractivity contribution is 0.0952. The smallest absolute Gasteiger partial charge is 0.251 e. The molecule has 0 atom stereocenters. The molecule has 0 unspecified atom stereocenters. The van der Waals surface area contributed by atoms with Gasteiger partial charge in [-0.1, -0.05) is 6.07 Å². The largest absolute Gasteiger partial charge is 0.383 e. The van der Waals surface area contributed by atoms with E-state index in [9.17, 15) is 13.2 Å². The van der Waals surface area contributed by atoms with E-state index in [1.54, 1.807) is 25.5 Å². The number of sulfonamides is 1. The number of benzene rings is 1. The van der Waals surface area contributed by atoms with Crippen molar-refractivity contribution in [1.29, 1.82) is 0 Å². The average Bonchev–Trinajstić information content (AvgIpc) is 3.12. The van der Waals surface area contributed by atoms with E-state index in [4.69, 9.17) is 4.74 Å². The first-order valence-corrected chi connectivity index (χ1v) is 9.75. The number of rotatable bonds is 10. The monoisotopic (exact) mass is 380 g/mol. The van der Waals surface area contributed by atoms with E-state index >= 15 is 0 Å². The Morgan fingerprint density at radius 2 is 2.12 bits per heavy atom. The molecule has 26 heavy (non-hydrogen) atoms. The summed E-state index contributed by atoms with van der Waals surface area (Å²) in [5, 5.41) is 2.83.